The molecule has 1 fully saturated rings. The molecule has 0 atom stereocenters. The van der Waals surface area contributed by atoms with Crippen LogP contribution in [0.25, 0.3) is 0 Å². The zero-order valence-electron chi connectivity index (χ0n) is 10.6. The molecule has 0 spiro atoms. The molecule has 2 aromatic carbocycles. The second-order valence-electron chi connectivity index (χ2n) is 4.77. The van der Waals surface area contributed by atoms with Crippen molar-refractivity contribution in [2.45, 2.75) is 18.9 Å². The summed E-state index contributed by atoms with van der Waals surface area (Å²) < 4.78 is 19.3. The molecule has 0 bridgehead atoms. The molecule has 3 rings (SSSR count). The summed E-state index contributed by atoms with van der Waals surface area (Å²) in [6.07, 6.45) is 2.52. The Morgan fingerprint density at radius 1 is 1.15 bits per heavy atom. The van der Waals surface area contributed by atoms with Crippen molar-refractivity contribution >= 4 is 21.7 Å². The van der Waals surface area contributed by atoms with Gasteiger partial charge in [-0.1, -0.05) is 6.07 Å². The number of carbonyl (C=O) groups is 1. The van der Waals surface area contributed by atoms with Gasteiger partial charge in [0.2, 0.25) is 0 Å². The predicted molar refractivity (Wildman–Crippen MR) is 77.6 cm³/mol. The number of halogens is 2. The highest BCUT2D eigenvalue weighted by atomic mass is 79.9. The zero-order chi connectivity index (χ0) is 14.1. The lowest BCUT2D eigenvalue weighted by Crippen LogP contribution is -2.04. The van der Waals surface area contributed by atoms with E-state index in [1.54, 1.807) is 30.3 Å². The minimum Gasteiger partial charge on any atom is -0.490 e. The van der Waals surface area contributed by atoms with E-state index in [4.69, 9.17) is 4.74 Å². The summed E-state index contributed by atoms with van der Waals surface area (Å²) in [6, 6.07) is 11.4. The minimum atomic E-state index is -0.440. The highest BCUT2D eigenvalue weighted by Crippen LogP contribution is 2.28. The Balaban J connectivity index is 1.84. The highest BCUT2D eigenvalue weighted by molar-refractivity contribution is 9.10. The average Bonchev–Trinajstić information content (AvgIpc) is 3.26. The molecule has 102 valence electrons. The van der Waals surface area contributed by atoms with Crippen LogP contribution in [0.3, 0.4) is 0 Å². The summed E-state index contributed by atoms with van der Waals surface area (Å²) in [6.45, 7) is 0. The van der Waals surface area contributed by atoms with Gasteiger partial charge in [-0.2, -0.15) is 0 Å². The van der Waals surface area contributed by atoms with Gasteiger partial charge in [0, 0.05) is 11.1 Å². The second-order valence-corrected chi connectivity index (χ2v) is 5.57. The van der Waals surface area contributed by atoms with E-state index in [1.165, 1.54) is 12.1 Å². The molecule has 1 aliphatic rings. The Hall–Kier alpha value is -1.68. The van der Waals surface area contributed by atoms with Crippen molar-refractivity contribution in [3.63, 3.8) is 0 Å². The molecule has 4 heteroatoms. The standard InChI is InChI=1S/C16H12BrFO2/c17-15-13(2-1-3-14(15)18)16(19)10-4-6-11(7-5-10)20-12-8-9-12/h1-7,12H,8-9H2. The van der Waals surface area contributed by atoms with Gasteiger partial charge in [-0.05, 0) is 65.2 Å². The third-order valence-corrected chi connectivity index (χ3v) is 3.95. The van der Waals surface area contributed by atoms with Crippen molar-refractivity contribution in [2.24, 2.45) is 0 Å². The van der Waals surface area contributed by atoms with Crippen molar-refractivity contribution in [1.29, 1.82) is 0 Å². The van der Waals surface area contributed by atoms with Crippen molar-refractivity contribution in [3.05, 3.63) is 63.9 Å². The maximum Gasteiger partial charge on any atom is 0.194 e. The van der Waals surface area contributed by atoms with Gasteiger partial charge in [0.05, 0.1) is 10.6 Å². The number of ether oxygens (including phenoxy) is 1. The fourth-order valence-electron chi connectivity index (χ4n) is 1.90. The van der Waals surface area contributed by atoms with Gasteiger partial charge in [0.1, 0.15) is 11.6 Å². The SMILES string of the molecule is O=C(c1ccc(OC2CC2)cc1)c1cccc(F)c1Br. The Morgan fingerprint density at radius 3 is 2.50 bits per heavy atom. The molecule has 0 heterocycles. The number of benzene rings is 2. The molecule has 0 aromatic heterocycles. The van der Waals surface area contributed by atoms with Crippen LogP contribution in [-0.2, 0) is 0 Å². The largest absolute Gasteiger partial charge is 0.490 e. The van der Waals surface area contributed by atoms with E-state index in [2.05, 4.69) is 15.9 Å². The monoisotopic (exact) mass is 334 g/mol. The van der Waals surface area contributed by atoms with Gasteiger partial charge in [-0.3, -0.25) is 4.79 Å². The number of hydrogen-bond donors (Lipinski definition) is 0. The molecular weight excluding hydrogens is 323 g/mol. The van der Waals surface area contributed by atoms with Gasteiger partial charge in [0.25, 0.3) is 0 Å². The highest BCUT2D eigenvalue weighted by Gasteiger charge is 2.23. The van der Waals surface area contributed by atoms with E-state index in [0.717, 1.165) is 18.6 Å². The Labute approximate surface area is 124 Å². The first-order chi connectivity index (χ1) is 9.65. The van der Waals surface area contributed by atoms with Crippen LogP contribution in [0.1, 0.15) is 28.8 Å². The number of ketones is 1. The number of carbonyl (C=O) groups excluding carboxylic acids is 1. The summed E-state index contributed by atoms with van der Waals surface area (Å²) in [5.74, 6) is 0.112. The third-order valence-electron chi connectivity index (χ3n) is 3.14. The lowest BCUT2D eigenvalue weighted by Gasteiger charge is -2.07. The molecule has 2 nitrogen and oxygen atoms in total. The lowest BCUT2D eigenvalue weighted by molar-refractivity contribution is 0.103. The van der Waals surface area contributed by atoms with Gasteiger partial charge in [0.15, 0.2) is 5.78 Å². The summed E-state index contributed by atoms with van der Waals surface area (Å²) in [4.78, 5) is 12.3. The van der Waals surface area contributed by atoms with E-state index in [1.807, 2.05) is 0 Å². The van der Waals surface area contributed by atoms with Crippen molar-refractivity contribution in [1.82, 2.24) is 0 Å². The fourth-order valence-corrected chi connectivity index (χ4v) is 2.34. The average molecular weight is 335 g/mol. The molecule has 2 aromatic rings. The van der Waals surface area contributed by atoms with Gasteiger partial charge < -0.3 is 4.74 Å². The second kappa shape index (κ2) is 5.37. The molecular formula is C16H12BrFO2. The normalized spacial score (nSPS) is 14.1. The van der Waals surface area contributed by atoms with Crippen molar-refractivity contribution in [3.8, 4) is 5.75 Å². The van der Waals surface area contributed by atoms with Crippen LogP contribution in [-0.4, -0.2) is 11.9 Å². The lowest BCUT2D eigenvalue weighted by atomic mass is 10.0. The van der Waals surface area contributed by atoms with Crippen LogP contribution in [0.15, 0.2) is 46.9 Å². The fraction of sp³-hybridized carbons (Fsp3) is 0.188. The molecule has 0 aliphatic heterocycles. The quantitative estimate of drug-likeness (QED) is 0.776. The molecule has 0 amide bonds. The Bertz CT molecular complexity index is 648. The summed E-state index contributed by atoms with van der Waals surface area (Å²) >= 11 is 3.11. The van der Waals surface area contributed by atoms with Gasteiger partial charge >= 0.3 is 0 Å². The predicted octanol–water partition coefficient (Wildman–Crippen LogP) is 4.36. The molecule has 0 saturated heterocycles. The first kappa shape index (κ1) is 13.3. The smallest absolute Gasteiger partial charge is 0.194 e. The summed E-state index contributed by atoms with van der Waals surface area (Å²) in [5.41, 5.74) is 0.834. The number of rotatable bonds is 4. The van der Waals surface area contributed by atoms with Gasteiger partial charge in [-0.15, -0.1) is 0 Å². The van der Waals surface area contributed by atoms with Crippen molar-refractivity contribution in [2.75, 3.05) is 0 Å². The minimum absolute atomic E-state index is 0.198. The van der Waals surface area contributed by atoms with Crippen LogP contribution < -0.4 is 4.74 Å². The van der Waals surface area contributed by atoms with Crippen LogP contribution in [0.5, 0.6) is 5.75 Å². The zero-order valence-corrected chi connectivity index (χ0v) is 12.2. The summed E-state index contributed by atoms with van der Waals surface area (Å²) in [5, 5.41) is 0. The first-order valence-electron chi connectivity index (χ1n) is 6.40. The van der Waals surface area contributed by atoms with E-state index in [9.17, 15) is 9.18 Å². The number of hydrogen-bond acceptors (Lipinski definition) is 2. The Kier molecular flexibility index (Phi) is 3.57. The van der Waals surface area contributed by atoms with Crippen LogP contribution in [0.2, 0.25) is 0 Å². The molecule has 0 radical (unpaired) electrons. The molecule has 20 heavy (non-hydrogen) atoms. The van der Waals surface area contributed by atoms with E-state index < -0.39 is 5.82 Å². The van der Waals surface area contributed by atoms with Crippen LogP contribution in [0.4, 0.5) is 4.39 Å². The molecule has 0 unspecified atom stereocenters. The topological polar surface area (TPSA) is 26.3 Å². The van der Waals surface area contributed by atoms with Crippen LogP contribution >= 0.6 is 15.9 Å². The van der Waals surface area contributed by atoms with Crippen LogP contribution in [0, 0.1) is 5.82 Å². The molecule has 1 saturated carbocycles. The maximum absolute atomic E-state index is 13.5. The van der Waals surface area contributed by atoms with E-state index >= 15 is 0 Å². The third kappa shape index (κ3) is 2.75. The van der Waals surface area contributed by atoms with Crippen molar-refractivity contribution < 1.29 is 13.9 Å². The maximum atomic E-state index is 13.5. The van der Waals surface area contributed by atoms with Gasteiger partial charge in [-0.25, -0.2) is 4.39 Å². The molecule has 0 N–H and O–H groups in total. The summed E-state index contributed by atoms with van der Waals surface area (Å²) in [7, 11) is 0. The van der Waals surface area contributed by atoms with E-state index in [0.29, 0.717) is 17.2 Å². The first-order valence-corrected chi connectivity index (χ1v) is 7.20. The van der Waals surface area contributed by atoms with E-state index in [-0.39, 0.29) is 10.3 Å². The molecule has 1 aliphatic carbocycles. The Morgan fingerprint density at radius 2 is 1.85 bits per heavy atom.